The third kappa shape index (κ3) is 3.45. The minimum atomic E-state index is 0.664. The van der Waals surface area contributed by atoms with Gasteiger partial charge in [0, 0.05) is 6.04 Å². The molecule has 0 fully saturated rings. The summed E-state index contributed by atoms with van der Waals surface area (Å²) >= 11 is 0. The van der Waals surface area contributed by atoms with Crippen LogP contribution in [-0.4, -0.2) is 12.6 Å². The lowest BCUT2D eigenvalue weighted by molar-refractivity contribution is 0.428. The number of rotatable bonds is 6. The Balaban J connectivity index is 2.45. The van der Waals surface area contributed by atoms with Crippen LogP contribution in [0.25, 0.3) is 0 Å². The Morgan fingerprint density at radius 2 is 2.21 bits per heavy atom. The molecule has 1 aliphatic rings. The monoisotopic (exact) mass is 195 g/mol. The third-order valence-corrected chi connectivity index (χ3v) is 3.31. The van der Waals surface area contributed by atoms with E-state index in [0.717, 1.165) is 12.5 Å². The van der Waals surface area contributed by atoms with Crippen molar-refractivity contribution in [3.63, 3.8) is 0 Å². The Bertz CT molecular complexity index is 184. The van der Waals surface area contributed by atoms with E-state index < -0.39 is 0 Å². The molecule has 0 spiro atoms. The van der Waals surface area contributed by atoms with Gasteiger partial charge in [0.2, 0.25) is 0 Å². The summed E-state index contributed by atoms with van der Waals surface area (Å²) in [6.07, 6.45) is 9.07. The average molecular weight is 195 g/mol. The molecule has 2 unspecified atom stereocenters. The summed E-state index contributed by atoms with van der Waals surface area (Å²) in [6.45, 7) is 7.95. The molecule has 0 aliphatic heterocycles. The molecule has 1 rings (SSSR count). The highest BCUT2D eigenvalue weighted by Gasteiger charge is 2.17. The lowest BCUT2D eigenvalue weighted by Gasteiger charge is -2.22. The van der Waals surface area contributed by atoms with Crippen LogP contribution in [0, 0.1) is 5.92 Å². The molecule has 1 N–H and O–H groups in total. The largest absolute Gasteiger partial charge is 0.311 e. The van der Waals surface area contributed by atoms with E-state index in [1.807, 2.05) is 0 Å². The minimum absolute atomic E-state index is 0.664. The molecule has 0 saturated carbocycles. The van der Waals surface area contributed by atoms with E-state index in [-0.39, 0.29) is 0 Å². The number of hydrogen-bond acceptors (Lipinski definition) is 1. The first-order chi connectivity index (χ1) is 6.77. The van der Waals surface area contributed by atoms with Gasteiger partial charge >= 0.3 is 0 Å². The lowest BCUT2D eigenvalue weighted by Crippen LogP contribution is -2.32. The van der Waals surface area contributed by atoms with Crippen LogP contribution in [0.2, 0.25) is 0 Å². The molecule has 0 amide bonds. The highest BCUT2D eigenvalue weighted by Crippen LogP contribution is 2.25. The summed E-state index contributed by atoms with van der Waals surface area (Å²) < 4.78 is 0. The van der Waals surface area contributed by atoms with Gasteiger partial charge in [-0.05, 0) is 38.1 Å². The van der Waals surface area contributed by atoms with Crippen molar-refractivity contribution >= 4 is 0 Å². The summed E-state index contributed by atoms with van der Waals surface area (Å²) in [5.74, 6) is 0.848. The SMILES string of the molecule is CCNC(CC(C)CC)C1=CCCC1. The second-order valence-electron chi connectivity index (χ2n) is 4.53. The molecule has 2 atom stereocenters. The fourth-order valence-corrected chi connectivity index (χ4v) is 2.19. The Morgan fingerprint density at radius 1 is 1.43 bits per heavy atom. The zero-order chi connectivity index (χ0) is 10.4. The Labute approximate surface area is 89.0 Å². The van der Waals surface area contributed by atoms with Crippen molar-refractivity contribution < 1.29 is 0 Å². The first kappa shape index (κ1) is 11.8. The summed E-state index contributed by atoms with van der Waals surface area (Å²) in [6, 6.07) is 0.664. The highest BCUT2D eigenvalue weighted by atomic mass is 14.9. The molecule has 14 heavy (non-hydrogen) atoms. The van der Waals surface area contributed by atoms with Crippen molar-refractivity contribution in [3.8, 4) is 0 Å². The molecule has 0 aromatic heterocycles. The first-order valence-electron chi connectivity index (χ1n) is 6.20. The lowest BCUT2D eigenvalue weighted by atomic mass is 9.94. The van der Waals surface area contributed by atoms with Crippen molar-refractivity contribution in [1.29, 1.82) is 0 Å². The van der Waals surface area contributed by atoms with Gasteiger partial charge in [-0.25, -0.2) is 0 Å². The molecule has 82 valence electrons. The van der Waals surface area contributed by atoms with E-state index in [0.29, 0.717) is 6.04 Å². The number of hydrogen-bond donors (Lipinski definition) is 1. The van der Waals surface area contributed by atoms with Crippen LogP contribution in [0.5, 0.6) is 0 Å². The maximum Gasteiger partial charge on any atom is 0.0281 e. The molecular weight excluding hydrogens is 170 g/mol. The van der Waals surface area contributed by atoms with Crippen LogP contribution in [0.4, 0.5) is 0 Å². The van der Waals surface area contributed by atoms with Gasteiger partial charge in [0.25, 0.3) is 0 Å². The number of likely N-dealkylation sites (N-methyl/N-ethyl adjacent to an activating group) is 1. The fourth-order valence-electron chi connectivity index (χ4n) is 2.19. The quantitative estimate of drug-likeness (QED) is 0.640. The van der Waals surface area contributed by atoms with Crippen molar-refractivity contribution in [3.05, 3.63) is 11.6 Å². The van der Waals surface area contributed by atoms with Crippen molar-refractivity contribution in [2.45, 2.75) is 58.9 Å². The van der Waals surface area contributed by atoms with Crippen LogP contribution in [-0.2, 0) is 0 Å². The van der Waals surface area contributed by atoms with Crippen molar-refractivity contribution in [2.24, 2.45) is 5.92 Å². The van der Waals surface area contributed by atoms with Crippen LogP contribution in [0.15, 0.2) is 11.6 Å². The molecule has 0 radical (unpaired) electrons. The maximum absolute atomic E-state index is 3.62. The first-order valence-corrected chi connectivity index (χ1v) is 6.20. The summed E-state index contributed by atoms with van der Waals surface area (Å²) in [7, 11) is 0. The normalized spacial score (nSPS) is 20.6. The Hall–Kier alpha value is -0.300. The van der Waals surface area contributed by atoms with Gasteiger partial charge in [0.15, 0.2) is 0 Å². The molecule has 0 heterocycles. The van der Waals surface area contributed by atoms with E-state index in [4.69, 9.17) is 0 Å². The second kappa shape index (κ2) is 6.23. The van der Waals surface area contributed by atoms with Gasteiger partial charge in [-0.15, -0.1) is 0 Å². The highest BCUT2D eigenvalue weighted by molar-refractivity contribution is 5.15. The van der Waals surface area contributed by atoms with Crippen molar-refractivity contribution in [2.75, 3.05) is 6.54 Å². The van der Waals surface area contributed by atoms with Gasteiger partial charge in [0.1, 0.15) is 0 Å². The Morgan fingerprint density at radius 3 is 2.71 bits per heavy atom. The summed E-state index contributed by atoms with van der Waals surface area (Å²) in [5, 5.41) is 3.62. The average Bonchev–Trinajstić information content (AvgIpc) is 2.69. The van der Waals surface area contributed by atoms with E-state index in [2.05, 4.69) is 32.2 Å². The number of nitrogens with one attached hydrogen (secondary N) is 1. The molecular formula is C13H25N. The molecule has 1 nitrogen and oxygen atoms in total. The summed E-state index contributed by atoms with van der Waals surface area (Å²) in [4.78, 5) is 0. The van der Waals surface area contributed by atoms with Crippen LogP contribution in [0.3, 0.4) is 0 Å². The fraction of sp³-hybridized carbons (Fsp3) is 0.846. The minimum Gasteiger partial charge on any atom is -0.311 e. The maximum atomic E-state index is 3.62. The van der Waals surface area contributed by atoms with E-state index in [9.17, 15) is 0 Å². The van der Waals surface area contributed by atoms with Crippen molar-refractivity contribution in [1.82, 2.24) is 5.32 Å². The predicted octanol–water partition coefficient (Wildman–Crippen LogP) is 3.51. The molecule has 0 aromatic rings. The zero-order valence-corrected chi connectivity index (χ0v) is 9.97. The van der Waals surface area contributed by atoms with E-state index in [1.165, 1.54) is 32.1 Å². The van der Waals surface area contributed by atoms with Gasteiger partial charge in [-0.2, -0.15) is 0 Å². The topological polar surface area (TPSA) is 12.0 Å². The molecule has 1 heteroatoms. The van der Waals surface area contributed by atoms with Gasteiger partial charge in [-0.3, -0.25) is 0 Å². The van der Waals surface area contributed by atoms with E-state index >= 15 is 0 Å². The van der Waals surface area contributed by atoms with Crippen LogP contribution >= 0.6 is 0 Å². The van der Waals surface area contributed by atoms with Crippen LogP contribution in [0.1, 0.15) is 52.9 Å². The molecule has 0 aromatic carbocycles. The van der Waals surface area contributed by atoms with Gasteiger partial charge < -0.3 is 5.32 Å². The predicted molar refractivity (Wildman–Crippen MR) is 63.5 cm³/mol. The smallest absolute Gasteiger partial charge is 0.0281 e. The second-order valence-corrected chi connectivity index (χ2v) is 4.53. The van der Waals surface area contributed by atoms with Crippen LogP contribution < -0.4 is 5.32 Å². The third-order valence-electron chi connectivity index (χ3n) is 3.31. The van der Waals surface area contributed by atoms with Gasteiger partial charge in [-0.1, -0.05) is 38.8 Å². The van der Waals surface area contributed by atoms with Gasteiger partial charge in [0.05, 0.1) is 0 Å². The molecule has 1 aliphatic carbocycles. The number of allylic oxidation sites excluding steroid dienone is 1. The summed E-state index contributed by atoms with van der Waals surface area (Å²) in [5.41, 5.74) is 1.67. The molecule has 0 bridgehead atoms. The zero-order valence-electron chi connectivity index (χ0n) is 9.97. The van der Waals surface area contributed by atoms with E-state index in [1.54, 1.807) is 5.57 Å². The Kier molecular flexibility index (Phi) is 5.24. The molecule has 0 saturated heterocycles. The standard InChI is InChI=1S/C13H25N/c1-4-11(3)10-13(14-5-2)12-8-6-7-9-12/h8,11,13-14H,4-7,9-10H2,1-3H3.